The number of hydrogen-bond acceptors (Lipinski definition) is 7. The van der Waals surface area contributed by atoms with Crippen LogP contribution in [-0.2, 0) is 22.5 Å². The summed E-state index contributed by atoms with van der Waals surface area (Å²) >= 11 is 0. The van der Waals surface area contributed by atoms with E-state index in [9.17, 15) is 19.2 Å². The number of H-pyrrole nitrogens is 1. The summed E-state index contributed by atoms with van der Waals surface area (Å²) in [6.45, 7) is 0.502. The smallest absolute Gasteiger partial charge is 0.319 e. The number of nitrogens with zero attached hydrogens (tertiary/aromatic N) is 3. The molecule has 0 saturated heterocycles. The van der Waals surface area contributed by atoms with Crippen molar-refractivity contribution < 1.29 is 23.9 Å². The van der Waals surface area contributed by atoms with Gasteiger partial charge >= 0.3 is 12.0 Å². The molecule has 0 atom stereocenters. The highest BCUT2D eigenvalue weighted by atomic mass is 16.5. The molecule has 4 amide bonds. The first-order valence-corrected chi connectivity index (χ1v) is 9.46. The maximum absolute atomic E-state index is 12.5. The molecule has 2 aromatic rings. The third-order valence-corrected chi connectivity index (χ3v) is 4.89. The lowest BCUT2D eigenvalue weighted by atomic mass is 10.1. The van der Waals surface area contributed by atoms with Crippen LogP contribution in [0.1, 0.15) is 45.2 Å². The minimum Gasteiger partial charge on any atom is -0.469 e. The van der Waals surface area contributed by atoms with Crippen molar-refractivity contribution in [2.45, 2.75) is 25.8 Å². The number of nitrogens with one attached hydrogen (secondary N) is 3. The Bertz CT molecular complexity index is 1030. The van der Waals surface area contributed by atoms with Gasteiger partial charge in [-0.3, -0.25) is 24.4 Å². The number of benzene rings is 1. The summed E-state index contributed by atoms with van der Waals surface area (Å²) in [5.74, 6) is -0.0470. The van der Waals surface area contributed by atoms with Crippen molar-refractivity contribution in [2.75, 3.05) is 19.0 Å². The van der Waals surface area contributed by atoms with Gasteiger partial charge < -0.3 is 15.4 Å². The lowest BCUT2D eigenvalue weighted by molar-refractivity contribution is -0.139. The van der Waals surface area contributed by atoms with E-state index in [0.717, 1.165) is 12.8 Å². The molecular formula is C19H20N6O5. The quantitative estimate of drug-likeness (QED) is 0.451. The van der Waals surface area contributed by atoms with Crippen LogP contribution in [0.15, 0.2) is 18.2 Å². The maximum atomic E-state index is 12.5. The highest BCUT2D eigenvalue weighted by Gasteiger charge is 2.38. The van der Waals surface area contributed by atoms with Crippen LogP contribution in [-0.4, -0.2) is 57.6 Å². The van der Waals surface area contributed by atoms with Crippen LogP contribution >= 0.6 is 0 Å². The number of rotatable bonds is 7. The molecule has 3 N–H and O–H groups in total. The van der Waals surface area contributed by atoms with Crippen LogP contribution in [0, 0.1) is 5.92 Å². The Hall–Kier alpha value is -3.76. The van der Waals surface area contributed by atoms with E-state index in [1.165, 1.54) is 18.1 Å². The Labute approximate surface area is 171 Å². The van der Waals surface area contributed by atoms with Crippen molar-refractivity contribution >= 4 is 29.5 Å². The maximum Gasteiger partial charge on any atom is 0.319 e. The standard InChI is InChI=1S/C19H20N6O5/c1-30-16(26)7-14-22-15(24-23-14)8-20-19(29)21-11-4-5-12-13(6-11)18(28)25(17(12)27)9-10-2-3-10/h4-6,10H,2-3,7-9H2,1H3,(H2,20,21,29)(H,22,23,24). The first kappa shape index (κ1) is 19.6. The summed E-state index contributed by atoms with van der Waals surface area (Å²) in [4.78, 5) is 53.7. The zero-order chi connectivity index (χ0) is 21.3. The Morgan fingerprint density at radius 1 is 1.23 bits per heavy atom. The van der Waals surface area contributed by atoms with E-state index < -0.39 is 12.0 Å². The van der Waals surface area contributed by atoms with Crippen LogP contribution in [0.3, 0.4) is 0 Å². The third-order valence-electron chi connectivity index (χ3n) is 4.89. The SMILES string of the molecule is COC(=O)Cc1n[nH]c(CNC(=O)Nc2ccc3c(c2)C(=O)N(CC2CC2)C3=O)n1. The van der Waals surface area contributed by atoms with Gasteiger partial charge in [0.1, 0.15) is 12.2 Å². The number of urea groups is 1. The number of aromatic amines is 1. The number of anilines is 1. The molecule has 1 aliphatic heterocycles. The van der Waals surface area contributed by atoms with E-state index in [1.54, 1.807) is 12.1 Å². The molecule has 11 nitrogen and oxygen atoms in total. The van der Waals surface area contributed by atoms with Crippen LogP contribution in [0.2, 0.25) is 0 Å². The van der Waals surface area contributed by atoms with Crippen molar-refractivity contribution in [3.8, 4) is 0 Å². The highest BCUT2D eigenvalue weighted by molar-refractivity contribution is 6.21. The van der Waals surface area contributed by atoms with Crippen LogP contribution in [0.5, 0.6) is 0 Å². The number of aromatic nitrogens is 3. The van der Waals surface area contributed by atoms with E-state index >= 15 is 0 Å². The second-order valence-electron chi connectivity index (χ2n) is 7.18. The Morgan fingerprint density at radius 2 is 2.00 bits per heavy atom. The zero-order valence-corrected chi connectivity index (χ0v) is 16.2. The number of esters is 1. The summed E-state index contributed by atoms with van der Waals surface area (Å²) in [7, 11) is 1.27. The molecule has 1 aromatic heterocycles. The van der Waals surface area contributed by atoms with E-state index in [2.05, 4.69) is 30.6 Å². The first-order valence-electron chi connectivity index (χ1n) is 9.46. The van der Waals surface area contributed by atoms with Gasteiger partial charge in [0, 0.05) is 12.2 Å². The summed E-state index contributed by atoms with van der Waals surface area (Å²) in [6, 6.07) is 4.11. The molecule has 11 heteroatoms. The summed E-state index contributed by atoms with van der Waals surface area (Å²) in [6.07, 6.45) is 2.00. The molecule has 0 radical (unpaired) electrons. The van der Waals surface area contributed by atoms with Gasteiger partial charge in [-0.2, -0.15) is 5.10 Å². The zero-order valence-electron chi connectivity index (χ0n) is 16.2. The van der Waals surface area contributed by atoms with Gasteiger partial charge in [-0.1, -0.05) is 0 Å². The molecule has 1 aromatic carbocycles. The third kappa shape index (κ3) is 4.14. The molecule has 2 heterocycles. The molecule has 0 bridgehead atoms. The Balaban J connectivity index is 1.33. The van der Waals surface area contributed by atoms with Crippen molar-refractivity contribution in [2.24, 2.45) is 5.92 Å². The number of methoxy groups -OCH3 is 1. The number of carbonyl (C=O) groups excluding carboxylic acids is 4. The van der Waals surface area contributed by atoms with Gasteiger partial charge in [-0.15, -0.1) is 0 Å². The molecule has 1 fully saturated rings. The monoisotopic (exact) mass is 412 g/mol. The van der Waals surface area contributed by atoms with Crippen molar-refractivity contribution in [1.82, 2.24) is 25.4 Å². The molecule has 0 unspecified atom stereocenters. The van der Waals surface area contributed by atoms with Crippen LogP contribution in [0.4, 0.5) is 10.5 Å². The molecule has 0 spiro atoms. The fourth-order valence-electron chi connectivity index (χ4n) is 3.13. The number of amides is 4. The van der Waals surface area contributed by atoms with E-state index in [1.807, 2.05) is 0 Å². The lowest BCUT2D eigenvalue weighted by Crippen LogP contribution is -2.31. The van der Waals surface area contributed by atoms with Gasteiger partial charge in [-0.25, -0.2) is 9.78 Å². The molecule has 1 aliphatic carbocycles. The Morgan fingerprint density at radius 3 is 2.73 bits per heavy atom. The predicted octanol–water partition coefficient (Wildman–Crippen LogP) is 0.848. The van der Waals surface area contributed by atoms with Gasteiger partial charge in [0.05, 0.1) is 24.8 Å². The summed E-state index contributed by atoms with van der Waals surface area (Å²) in [5.41, 5.74) is 1.04. The number of hydrogen-bond donors (Lipinski definition) is 3. The summed E-state index contributed by atoms with van der Waals surface area (Å²) < 4.78 is 4.54. The van der Waals surface area contributed by atoms with E-state index in [4.69, 9.17) is 0 Å². The van der Waals surface area contributed by atoms with E-state index in [0.29, 0.717) is 35.1 Å². The lowest BCUT2D eigenvalue weighted by Gasteiger charge is -2.12. The fraction of sp³-hybridized carbons (Fsp3) is 0.368. The first-order chi connectivity index (χ1) is 14.4. The van der Waals surface area contributed by atoms with Gasteiger partial charge in [-0.05, 0) is 37.0 Å². The molecule has 1 saturated carbocycles. The second-order valence-corrected chi connectivity index (χ2v) is 7.18. The largest absolute Gasteiger partial charge is 0.469 e. The number of carbonyl (C=O) groups is 4. The van der Waals surface area contributed by atoms with Crippen LogP contribution in [0.25, 0.3) is 0 Å². The van der Waals surface area contributed by atoms with Crippen molar-refractivity contribution in [1.29, 1.82) is 0 Å². The number of imide groups is 1. The number of ether oxygens (including phenoxy) is 1. The molecular weight excluding hydrogens is 392 g/mol. The van der Waals surface area contributed by atoms with Crippen molar-refractivity contribution in [3.05, 3.63) is 41.0 Å². The number of fused-ring (bicyclic) bond motifs is 1. The minimum absolute atomic E-state index is 0.0531. The van der Waals surface area contributed by atoms with Gasteiger partial charge in [0.25, 0.3) is 11.8 Å². The molecule has 156 valence electrons. The second kappa shape index (κ2) is 7.93. The van der Waals surface area contributed by atoms with Crippen molar-refractivity contribution in [3.63, 3.8) is 0 Å². The van der Waals surface area contributed by atoms with E-state index in [-0.39, 0.29) is 30.6 Å². The summed E-state index contributed by atoms with van der Waals surface area (Å²) in [5, 5.41) is 11.7. The molecule has 30 heavy (non-hydrogen) atoms. The van der Waals surface area contributed by atoms with Crippen LogP contribution < -0.4 is 10.6 Å². The Kier molecular flexibility index (Phi) is 5.17. The highest BCUT2D eigenvalue weighted by Crippen LogP contribution is 2.33. The van der Waals surface area contributed by atoms with Gasteiger partial charge in [0.15, 0.2) is 5.82 Å². The molecule has 4 rings (SSSR count). The minimum atomic E-state index is -0.521. The molecule has 2 aliphatic rings. The van der Waals surface area contributed by atoms with Gasteiger partial charge in [0.2, 0.25) is 0 Å². The average Bonchev–Trinajstić information content (AvgIpc) is 3.40. The predicted molar refractivity (Wildman–Crippen MR) is 102 cm³/mol. The topological polar surface area (TPSA) is 146 Å². The fourth-order valence-corrected chi connectivity index (χ4v) is 3.13. The normalized spacial score (nSPS) is 15.2. The average molecular weight is 412 g/mol.